The second-order valence-corrected chi connectivity index (χ2v) is 14.0. The molecule has 5 heterocycles. The Balaban J connectivity index is 0.994. The van der Waals surface area contributed by atoms with Crippen LogP contribution in [-0.2, 0) is 35.7 Å². The number of imidazole rings is 1. The number of benzene rings is 2. The van der Waals surface area contributed by atoms with Crippen LogP contribution < -0.4 is 4.74 Å². The molecule has 0 unspecified atom stereocenters. The molecule has 2 saturated heterocycles. The first-order valence-corrected chi connectivity index (χ1v) is 17.0. The fraction of sp³-hybridized carbons (Fsp3) is 0.459. The van der Waals surface area contributed by atoms with Crippen molar-refractivity contribution in [3.05, 3.63) is 83.4 Å². The lowest BCUT2D eigenvalue weighted by atomic mass is 9.93. The summed E-state index contributed by atoms with van der Waals surface area (Å²) in [5.74, 6) is 1.47. The van der Waals surface area contributed by atoms with Gasteiger partial charge in [0, 0.05) is 29.7 Å². The lowest BCUT2D eigenvalue weighted by Gasteiger charge is -2.32. The second-order valence-electron chi connectivity index (χ2n) is 14.0. The molecule has 12 heteroatoms. The number of likely N-dealkylation sites (tertiary alicyclic amines) is 1. The van der Waals surface area contributed by atoms with Gasteiger partial charge in [0.05, 0.1) is 47.5 Å². The van der Waals surface area contributed by atoms with Crippen LogP contribution in [0.3, 0.4) is 0 Å². The van der Waals surface area contributed by atoms with Gasteiger partial charge in [0.15, 0.2) is 0 Å². The van der Waals surface area contributed by atoms with E-state index in [-0.39, 0.29) is 18.7 Å². The van der Waals surface area contributed by atoms with Gasteiger partial charge >= 0.3 is 5.97 Å². The fourth-order valence-electron chi connectivity index (χ4n) is 6.56. The summed E-state index contributed by atoms with van der Waals surface area (Å²) in [6.45, 7) is 9.41. The Morgan fingerprint density at radius 3 is 2.57 bits per heavy atom. The van der Waals surface area contributed by atoms with Crippen molar-refractivity contribution in [2.75, 3.05) is 19.7 Å². The van der Waals surface area contributed by atoms with Crippen molar-refractivity contribution in [3.8, 4) is 5.88 Å². The van der Waals surface area contributed by atoms with E-state index in [1.807, 2.05) is 63.2 Å². The normalized spacial score (nSPS) is 17.6. The largest absolute Gasteiger partial charge is 0.473 e. The molecule has 10 nitrogen and oxygen atoms in total. The van der Waals surface area contributed by atoms with E-state index >= 15 is 0 Å². The number of rotatable bonds is 11. The summed E-state index contributed by atoms with van der Waals surface area (Å²) in [4.78, 5) is 25.1. The van der Waals surface area contributed by atoms with E-state index in [0.29, 0.717) is 36.0 Å². The summed E-state index contributed by atoms with van der Waals surface area (Å²) in [5, 5.41) is 4.90. The molecule has 7 rings (SSSR count). The van der Waals surface area contributed by atoms with Crippen LogP contribution in [-0.4, -0.2) is 73.0 Å². The molecular weight excluding hydrogens is 630 g/mol. The van der Waals surface area contributed by atoms with Crippen LogP contribution in [0.25, 0.3) is 21.9 Å². The van der Waals surface area contributed by atoms with Crippen molar-refractivity contribution >= 4 is 27.9 Å². The number of alkyl halides is 2. The lowest BCUT2D eigenvalue weighted by Crippen LogP contribution is -2.35. The first-order valence-electron chi connectivity index (χ1n) is 17.0. The van der Waals surface area contributed by atoms with Crippen molar-refractivity contribution in [1.82, 2.24) is 29.2 Å². The van der Waals surface area contributed by atoms with Crippen molar-refractivity contribution < 1.29 is 27.8 Å². The van der Waals surface area contributed by atoms with Crippen LogP contribution in [0, 0.1) is 0 Å². The standard InChI is InChI=1S/C37H42F2N6O4/c1-37(2,3)49-36(46)26-9-10-30-32(18-26)44(20-28-13-16-47-28)34(41-30)22-43-14-11-25(12-15-43)29-5-4-6-35(42-29)48-23-24-7-8-27-19-40-45(21-33(38)39)31(27)17-24/h4-10,17-19,25,28,33H,11-16,20-23H2,1-3H3/t28-/m0/s1. The van der Waals surface area contributed by atoms with E-state index in [0.717, 1.165) is 72.5 Å². The Bertz CT molecular complexity index is 1940. The topological polar surface area (TPSA) is 96.5 Å². The number of hydrogen-bond acceptors (Lipinski definition) is 8. The Kier molecular flexibility index (Phi) is 9.34. The predicted molar refractivity (Wildman–Crippen MR) is 181 cm³/mol. The fourth-order valence-corrected chi connectivity index (χ4v) is 6.56. The molecule has 1 atom stereocenters. The number of carbonyl (C=O) groups excluding carboxylic acids is 1. The maximum absolute atomic E-state index is 13.0. The first-order chi connectivity index (χ1) is 23.6. The minimum atomic E-state index is -2.47. The summed E-state index contributed by atoms with van der Waals surface area (Å²) in [5.41, 5.74) is 4.25. The van der Waals surface area contributed by atoms with Crippen LogP contribution in [0.15, 0.2) is 60.8 Å². The van der Waals surface area contributed by atoms with Gasteiger partial charge < -0.3 is 18.8 Å². The predicted octanol–water partition coefficient (Wildman–Crippen LogP) is 6.75. The number of aromatic nitrogens is 5. The highest BCUT2D eigenvalue weighted by atomic mass is 19.3. The highest BCUT2D eigenvalue weighted by Gasteiger charge is 2.27. The molecule has 0 N–H and O–H groups in total. The van der Waals surface area contributed by atoms with Gasteiger partial charge in [0.1, 0.15) is 24.6 Å². The molecule has 0 aliphatic carbocycles. The van der Waals surface area contributed by atoms with E-state index in [1.165, 1.54) is 4.68 Å². The summed E-state index contributed by atoms with van der Waals surface area (Å²) in [6, 6.07) is 17.1. The zero-order chi connectivity index (χ0) is 34.1. The van der Waals surface area contributed by atoms with E-state index < -0.39 is 18.6 Å². The Morgan fingerprint density at radius 2 is 1.84 bits per heavy atom. The Hall–Kier alpha value is -4.42. The van der Waals surface area contributed by atoms with Gasteiger partial charge in [0.25, 0.3) is 6.43 Å². The van der Waals surface area contributed by atoms with Gasteiger partial charge in [-0.2, -0.15) is 5.10 Å². The molecule has 0 amide bonds. The summed E-state index contributed by atoms with van der Waals surface area (Å²) in [7, 11) is 0. The van der Waals surface area contributed by atoms with E-state index in [4.69, 9.17) is 24.2 Å². The average molecular weight is 673 g/mol. The molecule has 258 valence electrons. The number of hydrogen-bond donors (Lipinski definition) is 0. The number of ether oxygens (including phenoxy) is 3. The number of fused-ring (bicyclic) bond motifs is 2. The minimum Gasteiger partial charge on any atom is -0.473 e. The van der Waals surface area contributed by atoms with E-state index in [2.05, 4.69) is 20.6 Å². The molecule has 0 spiro atoms. The highest BCUT2D eigenvalue weighted by molar-refractivity contribution is 5.94. The maximum Gasteiger partial charge on any atom is 0.338 e. The van der Waals surface area contributed by atoms with Gasteiger partial charge in [-0.3, -0.25) is 9.58 Å². The van der Waals surface area contributed by atoms with Crippen LogP contribution >= 0.6 is 0 Å². The van der Waals surface area contributed by atoms with Crippen LogP contribution in [0.2, 0.25) is 0 Å². The molecule has 3 aromatic heterocycles. The summed E-state index contributed by atoms with van der Waals surface area (Å²) in [6.07, 6.45) is 2.19. The van der Waals surface area contributed by atoms with Gasteiger partial charge in [-0.1, -0.05) is 18.2 Å². The van der Waals surface area contributed by atoms with Gasteiger partial charge in [0.2, 0.25) is 5.88 Å². The Labute approximate surface area is 284 Å². The number of nitrogens with zero attached hydrogens (tertiary/aromatic N) is 6. The van der Waals surface area contributed by atoms with Crippen LogP contribution in [0.5, 0.6) is 5.88 Å². The van der Waals surface area contributed by atoms with E-state index in [9.17, 15) is 13.6 Å². The summed E-state index contributed by atoms with van der Waals surface area (Å²) >= 11 is 0. The van der Waals surface area contributed by atoms with Gasteiger partial charge in [-0.05, 0) is 89.0 Å². The molecule has 2 aliphatic rings. The molecule has 0 saturated carbocycles. The van der Waals surface area contributed by atoms with Crippen molar-refractivity contribution in [2.45, 2.75) is 90.3 Å². The van der Waals surface area contributed by atoms with E-state index in [1.54, 1.807) is 12.3 Å². The van der Waals surface area contributed by atoms with Gasteiger partial charge in [-0.25, -0.2) is 23.5 Å². The molecule has 5 aromatic rings. The first kappa shape index (κ1) is 33.1. The number of carbonyl (C=O) groups is 1. The molecule has 0 bridgehead atoms. The second kappa shape index (κ2) is 13.8. The maximum atomic E-state index is 13.0. The molecule has 2 aromatic carbocycles. The lowest BCUT2D eigenvalue weighted by molar-refractivity contribution is -0.0592. The third-order valence-corrected chi connectivity index (χ3v) is 9.16. The number of pyridine rings is 1. The van der Waals surface area contributed by atoms with Crippen LogP contribution in [0.4, 0.5) is 8.78 Å². The number of halogens is 2. The minimum absolute atomic E-state index is 0.143. The molecule has 2 aliphatic heterocycles. The smallest absolute Gasteiger partial charge is 0.338 e. The van der Waals surface area contributed by atoms with Crippen molar-refractivity contribution in [3.63, 3.8) is 0 Å². The quantitative estimate of drug-likeness (QED) is 0.142. The Morgan fingerprint density at radius 1 is 1.02 bits per heavy atom. The highest BCUT2D eigenvalue weighted by Crippen LogP contribution is 2.30. The third kappa shape index (κ3) is 7.75. The molecule has 49 heavy (non-hydrogen) atoms. The molecule has 2 fully saturated rings. The zero-order valence-corrected chi connectivity index (χ0v) is 28.1. The monoisotopic (exact) mass is 672 g/mol. The third-order valence-electron chi connectivity index (χ3n) is 9.16. The zero-order valence-electron chi connectivity index (χ0n) is 28.1. The summed E-state index contributed by atoms with van der Waals surface area (Å²) < 4.78 is 47.0. The van der Waals surface area contributed by atoms with Gasteiger partial charge in [-0.15, -0.1) is 0 Å². The van der Waals surface area contributed by atoms with Crippen molar-refractivity contribution in [1.29, 1.82) is 0 Å². The SMILES string of the molecule is CC(C)(C)OC(=O)c1ccc2nc(CN3CCC(c4cccc(OCc5ccc6cnn(CC(F)F)c6c5)n4)CC3)n(C[C@@H]3CCO3)c2c1. The average Bonchev–Trinajstić information content (AvgIpc) is 3.60. The number of esters is 1. The van der Waals surface area contributed by atoms with Crippen molar-refractivity contribution in [2.24, 2.45) is 0 Å². The molecule has 0 radical (unpaired) electrons. The van der Waals surface area contributed by atoms with Crippen LogP contribution in [0.1, 0.15) is 73.4 Å². The number of piperidine rings is 1. The molecular formula is C37H42F2N6O4.